The maximum Gasteiger partial charge on any atom is 0.237 e. The van der Waals surface area contributed by atoms with Gasteiger partial charge in [0.2, 0.25) is 18.2 Å². The number of aliphatic hydroxyl groups excluding tert-OH is 1. The minimum Gasteiger partial charge on any atom is -0.474 e. The van der Waals surface area contributed by atoms with Crippen molar-refractivity contribution in [3.8, 4) is 17.0 Å². The summed E-state index contributed by atoms with van der Waals surface area (Å²) in [5, 5.41) is 20.6. The molecule has 37 heavy (non-hydrogen) atoms. The van der Waals surface area contributed by atoms with Crippen molar-refractivity contribution in [3.05, 3.63) is 35.9 Å². The number of halogens is 1. The Labute approximate surface area is 213 Å². The van der Waals surface area contributed by atoms with Crippen LogP contribution >= 0.6 is 0 Å². The Balaban J connectivity index is 1.41. The zero-order chi connectivity index (χ0) is 26.1. The molecule has 0 radical (unpaired) electrons. The summed E-state index contributed by atoms with van der Waals surface area (Å²) >= 11 is 0. The molecule has 11 heteroatoms. The van der Waals surface area contributed by atoms with Gasteiger partial charge in [-0.2, -0.15) is 0 Å². The second kappa shape index (κ2) is 10.3. The van der Waals surface area contributed by atoms with Gasteiger partial charge in [0.15, 0.2) is 5.82 Å². The van der Waals surface area contributed by atoms with Crippen LogP contribution in [0.5, 0.6) is 5.88 Å². The Morgan fingerprint density at radius 3 is 2.89 bits per heavy atom. The van der Waals surface area contributed by atoms with Gasteiger partial charge in [-0.15, -0.1) is 0 Å². The molecule has 6 N–H and O–H groups in total. The van der Waals surface area contributed by atoms with E-state index in [-0.39, 0.29) is 23.7 Å². The number of fused-ring (bicyclic) bond motifs is 2. The van der Waals surface area contributed by atoms with Gasteiger partial charge < -0.3 is 36.3 Å². The number of anilines is 3. The van der Waals surface area contributed by atoms with Gasteiger partial charge in [-0.3, -0.25) is 4.79 Å². The van der Waals surface area contributed by atoms with Crippen LogP contribution in [0.2, 0.25) is 0 Å². The van der Waals surface area contributed by atoms with Crippen molar-refractivity contribution in [2.75, 3.05) is 29.5 Å². The highest BCUT2D eigenvalue weighted by Crippen LogP contribution is 2.39. The van der Waals surface area contributed by atoms with Crippen LogP contribution in [0.15, 0.2) is 24.5 Å². The molecule has 1 aromatic carbocycles. The molecule has 0 spiro atoms. The van der Waals surface area contributed by atoms with Crippen LogP contribution in [0.25, 0.3) is 21.9 Å². The van der Waals surface area contributed by atoms with E-state index in [0.29, 0.717) is 46.7 Å². The van der Waals surface area contributed by atoms with Crippen LogP contribution in [0, 0.1) is 12.7 Å². The van der Waals surface area contributed by atoms with Gasteiger partial charge in [0.05, 0.1) is 17.8 Å². The molecular formula is C26H31FN6O4. The molecule has 1 fully saturated rings. The van der Waals surface area contributed by atoms with Gasteiger partial charge in [-0.05, 0) is 42.8 Å². The number of nitrogens with two attached hydrogens (primary N) is 1. The molecule has 1 aliphatic carbocycles. The molecule has 10 nitrogen and oxygen atoms in total. The maximum absolute atomic E-state index is 15.4. The quantitative estimate of drug-likeness (QED) is 0.249. The lowest BCUT2D eigenvalue weighted by Gasteiger charge is -2.33. The number of carbonyl (C=O) groups excluding carboxylic acids is 1. The van der Waals surface area contributed by atoms with Gasteiger partial charge in [0.25, 0.3) is 0 Å². The SMILES string of the molecule is CC(=O)NC1CCCCC1OC(O)Nc1cc2cc(-c3cnc4c(c3C)NCCO4)c(F)c(N)c2cn1. The summed E-state index contributed by atoms with van der Waals surface area (Å²) in [7, 11) is 0. The number of aliphatic hydroxyl groups is 1. The second-order valence-corrected chi connectivity index (χ2v) is 9.46. The molecule has 1 amide bonds. The number of aromatic nitrogens is 2. The Morgan fingerprint density at radius 2 is 2.08 bits per heavy atom. The summed E-state index contributed by atoms with van der Waals surface area (Å²) in [5.41, 5.74) is 8.59. The second-order valence-electron chi connectivity index (χ2n) is 9.46. The Bertz CT molecular complexity index is 1340. The Morgan fingerprint density at radius 1 is 1.27 bits per heavy atom. The number of nitrogens with one attached hydrogen (secondary N) is 3. The van der Waals surface area contributed by atoms with E-state index >= 15 is 4.39 Å². The predicted octanol–water partition coefficient (Wildman–Crippen LogP) is 3.28. The maximum atomic E-state index is 15.4. The number of carbonyl (C=O) groups is 1. The van der Waals surface area contributed by atoms with Gasteiger partial charge in [-0.25, -0.2) is 14.4 Å². The van der Waals surface area contributed by atoms with Crippen molar-refractivity contribution < 1.29 is 23.8 Å². The first-order chi connectivity index (χ1) is 17.8. The van der Waals surface area contributed by atoms with Gasteiger partial charge in [0, 0.05) is 42.4 Å². The molecule has 3 heterocycles. The first kappa shape index (κ1) is 25.0. The molecular weight excluding hydrogens is 479 g/mol. The fraction of sp³-hybridized carbons (Fsp3) is 0.423. The highest BCUT2D eigenvalue weighted by Gasteiger charge is 2.29. The van der Waals surface area contributed by atoms with Crippen molar-refractivity contribution in [1.82, 2.24) is 15.3 Å². The number of nitrogens with zero attached hydrogens (tertiary/aromatic N) is 2. The third-order valence-corrected chi connectivity index (χ3v) is 6.90. The van der Waals surface area contributed by atoms with E-state index in [1.165, 1.54) is 13.1 Å². The third kappa shape index (κ3) is 5.09. The number of hydrogen-bond acceptors (Lipinski definition) is 9. The number of hydrogen-bond donors (Lipinski definition) is 5. The topological polar surface area (TPSA) is 144 Å². The average Bonchev–Trinajstić information content (AvgIpc) is 2.87. The molecule has 2 aliphatic rings. The van der Waals surface area contributed by atoms with Crippen molar-refractivity contribution in [2.45, 2.75) is 58.1 Å². The summed E-state index contributed by atoms with van der Waals surface area (Å²) in [6.45, 7) is 4.50. The van der Waals surface area contributed by atoms with E-state index in [1.54, 1.807) is 18.3 Å². The number of pyridine rings is 2. The molecule has 0 bridgehead atoms. The summed E-state index contributed by atoms with van der Waals surface area (Å²) in [5.74, 6) is 0.137. The molecule has 1 saturated carbocycles. The fourth-order valence-electron chi connectivity index (χ4n) is 5.08. The standard InChI is InChI=1S/C26H31FN6O4/c1-13-17(11-31-25-24(13)29-7-8-36-25)16-9-15-10-21(30-12-18(15)23(28)22(16)27)33-26(35)37-20-6-4-3-5-19(20)32-14(2)34/h9-12,19-20,26,29,35H,3-8,28H2,1-2H3,(H,30,33)(H,32,34). The van der Waals surface area contributed by atoms with E-state index in [1.807, 2.05) is 6.92 Å². The zero-order valence-electron chi connectivity index (χ0n) is 20.8. The third-order valence-electron chi connectivity index (χ3n) is 6.90. The lowest BCUT2D eigenvalue weighted by Crippen LogP contribution is -2.47. The summed E-state index contributed by atoms with van der Waals surface area (Å²) in [4.78, 5) is 20.2. The highest BCUT2D eigenvalue weighted by molar-refractivity contribution is 5.98. The van der Waals surface area contributed by atoms with Crippen LogP contribution in [-0.4, -0.2) is 52.7 Å². The summed E-state index contributed by atoms with van der Waals surface area (Å²) in [6, 6.07) is 3.20. The molecule has 2 aromatic heterocycles. The number of nitrogen functional groups attached to an aromatic ring is 1. The van der Waals surface area contributed by atoms with E-state index < -0.39 is 12.2 Å². The van der Waals surface area contributed by atoms with Crippen molar-refractivity contribution >= 4 is 33.9 Å². The van der Waals surface area contributed by atoms with Crippen molar-refractivity contribution in [3.63, 3.8) is 0 Å². The van der Waals surface area contributed by atoms with Crippen molar-refractivity contribution in [2.24, 2.45) is 0 Å². The number of amides is 1. The van der Waals surface area contributed by atoms with Crippen molar-refractivity contribution in [1.29, 1.82) is 0 Å². The van der Waals surface area contributed by atoms with Crippen LogP contribution in [-0.2, 0) is 9.53 Å². The van der Waals surface area contributed by atoms with Crippen LogP contribution < -0.4 is 26.4 Å². The average molecular weight is 511 g/mol. The predicted molar refractivity (Wildman–Crippen MR) is 139 cm³/mol. The van der Waals surface area contributed by atoms with Crippen LogP contribution in [0.1, 0.15) is 38.2 Å². The molecule has 196 valence electrons. The van der Waals surface area contributed by atoms with Gasteiger partial charge in [0.1, 0.15) is 18.1 Å². The van der Waals surface area contributed by atoms with Crippen LogP contribution in [0.3, 0.4) is 0 Å². The normalized spacial score (nSPS) is 19.9. The lowest BCUT2D eigenvalue weighted by atomic mass is 9.92. The van der Waals surface area contributed by atoms with Gasteiger partial charge in [-0.1, -0.05) is 12.8 Å². The fourth-order valence-corrected chi connectivity index (χ4v) is 5.08. The molecule has 1 aliphatic heterocycles. The number of ether oxygens (including phenoxy) is 2. The van der Waals surface area contributed by atoms with E-state index in [9.17, 15) is 9.90 Å². The Hall–Kier alpha value is -3.70. The molecule has 5 rings (SSSR count). The summed E-state index contributed by atoms with van der Waals surface area (Å²) < 4.78 is 26.8. The molecule has 0 saturated heterocycles. The monoisotopic (exact) mass is 510 g/mol. The minimum atomic E-state index is -1.35. The first-order valence-electron chi connectivity index (χ1n) is 12.4. The van der Waals surface area contributed by atoms with Crippen LogP contribution in [0.4, 0.5) is 21.6 Å². The van der Waals surface area contributed by atoms with E-state index in [2.05, 4.69) is 25.9 Å². The Kier molecular flexibility index (Phi) is 6.98. The number of benzene rings is 1. The number of rotatable bonds is 6. The van der Waals surface area contributed by atoms with E-state index in [0.717, 1.165) is 36.9 Å². The minimum absolute atomic E-state index is 0.0231. The molecule has 3 unspecified atom stereocenters. The molecule has 3 aromatic rings. The molecule has 3 atom stereocenters. The highest BCUT2D eigenvalue weighted by atomic mass is 19.1. The summed E-state index contributed by atoms with van der Waals surface area (Å²) in [6.07, 6.45) is 4.82. The first-order valence-corrected chi connectivity index (χ1v) is 12.4. The lowest BCUT2D eigenvalue weighted by molar-refractivity contribution is -0.141. The zero-order valence-corrected chi connectivity index (χ0v) is 20.8. The van der Waals surface area contributed by atoms with Gasteiger partial charge >= 0.3 is 0 Å². The van der Waals surface area contributed by atoms with E-state index in [4.69, 9.17) is 15.2 Å². The smallest absolute Gasteiger partial charge is 0.237 e. The largest absolute Gasteiger partial charge is 0.474 e.